The Morgan fingerprint density at radius 2 is 1.96 bits per heavy atom. The second-order valence-electron chi connectivity index (χ2n) is 6.43. The number of aliphatic imine (C=N–C) groups is 1. The van der Waals surface area contributed by atoms with Crippen LogP contribution in [-0.2, 0) is 0 Å². The summed E-state index contributed by atoms with van der Waals surface area (Å²) in [5.41, 5.74) is 5.26. The molecule has 0 amide bonds. The van der Waals surface area contributed by atoms with Crippen molar-refractivity contribution < 1.29 is 0 Å². The number of nitrogens with zero attached hydrogens (tertiary/aromatic N) is 3. The van der Waals surface area contributed by atoms with Crippen molar-refractivity contribution in [1.29, 1.82) is 0 Å². The van der Waals surface area contributed by atoms with Gasteiger partial charge in [-0.05, 0) is 29.8 Å². The molecule has 28 heavy (non-hydrogen) atoms. The fraction of sp³-hybridized carbons (Fsp3) is 0.0455. The van der Waals surface area contributed by atoms with Gasteiger partial charge in [0.05, 0.1) is 10.2 Å². The largest absolute Gasteiger partial charge is 0.361 e. The zero-order chi connectivity index (χ0) is 18.9. The molecular formula is C22H17N5S. The lowest BCUT2D eigenvalue weighted by Gasteiger charge is -2.06. The first-order chi connectivity index (χ1) is 13.8. The van der Waals surface area contributed by atoms with Crippen molar-refractivity contribution in [3.05, 3.63) is 72.7 Å². The van der Waals surface area contributed by atoms with Crippen LogP contribution in [0.25, 0.3) is 31.6 Å². The Morgan fingerprint density at radius 3 is 2.82 bits per heavy atom. The lowest BCUT2D eigenvalue weighted by Crippen LogP contribution is -1.94. The predicted octanol–water partition coefficient (Wildman–Crippen LogP) is 5.63. The molecule has 0 unspecified atom stereocenters. The molecule has 5 rings (SSSR count). The number of rotatable bonds is 4. The maximum absolute atomic E-state index is 4.49. The quantitative estimate of drug-likeness (QED) is 0.395. The maximum atomic E-state index is 4.49. The van der Waals surface area contributed by atoms with Crippen molar-refractivity contribution in [3.8, 4) is 10.4 Å². The Morgan fingerprint density at radius 1 is 1.07 bits per heavy atom. The summed E-state index contributed by atoms with van der Waals surface area (Å²) < 4.78 is 1.05. The van der Waals surface area contributed by atoms with E-state index in [0.717, 1.165) is 38.2 Å². The topological polar surface area (TPSA) is 66.0 Å². The van der Waals surface area contributed by atoms with Crippen LogP contribution >= 0.6 is 11.3 Å². The molecule has 5 nitrogen and oxygen atoms in total. The van der Waals surface area contributed by atoms with E-state index in [0.29, 0.717) is 0 Å². The summed E-state index contributed by atoms with van der Waals surface area (Å²) >= 11 is 1.70. The first-order valence-corrected chi connectivity index (χ1v) is 9.74. The summed E-state index contributed by atoms with van der Waals surface area (Å²) in [6.45, 7) is 0. The molecule has 0 saturated carbocycles. The molecule has 0 spiro atoms. The van der Waals surface area contributed by atoms with Crippen LogP contribution in [0.15, 0.2) is 72.1 Å². The number of hydrogen-bond acceptors (Lipinski definition) is 5. The fourth-order valence-electron chi connectivity index (χ4n) is 3.29. The van der Waals surface area contributed by atoms with Gasteiger partial charge in [0.25, 0.3) is 0 Å². The van der Waals surface area contributed by atoms with Crippen LogP contribution in [0.3, 0.4) is 0 Å². The van der Waals surface area contributed by atoms with E-state index in [1.54, 1.807) is 24.7 Å². The minimum atomic E-state index is 0.817. The monoisotopic (exact) mass is 383 g/mol. The summed E-state index contributed by atoms with van der Waals surface area (Å²) in [5, 5.41) is 4.59. The summed E-state index contributed by atoms with van der Waals surface area (Å²) in [4.78, 5) is 17.5. The first-order valence-electron chi connectivity index (χ1n) is 8.92. The molecule has 136 valence electrons. The molecule has 2 N–H and O–H groups in total. The van der Waals surface area contributed by atoms with E-state index in [1.165, 1.54) is 10.4 Å². The molecule has 0 bridgehead atoms. The molecule has 0 radical (unpaired) electrons. The van der Waals surface area contributed by atoms with Gasteiger partial charge in [-0.25, -0.2) is 9.97 Å². The smallest absolute Gasteiger partial charge is 0.151 e. The highest BCUT2D eigenvalue weighted by molar-refractivity contribution is 7.22. The van der Waals surface area contributed by atoms with Gasteiger partial charge in [-0.3, -0.25) is 4.99 Å². The molecule has 3 heterocycles. The van der Waals surface area contributed by atoms with Crippen LogP contribution in [0.1, 0.15) is 5.56 Å². The van der Waals surface area contributed by atoms with Crippen LogP contribution in [0.4, 0.5) is 11.5 Å². The number of fused-ring (bicyclic) bond motifs is 2. The minimum absolute atomic E-state index is 0.817. The van der Waals surface area contributed by atoms with E-state index in [1.807, 2.05) is 36.7 Å². The van der Waals surface area contributed by atoms with E-state index in [2.05, 4.69) is 55.6 Å². The zero-order valence-corrected chi connectivity index (χ0v) is 16.0. The van der Waals surface area contributed by atoms with Gasteiger partial charge in [-0.15, -0.1) is 11.3 Å². The minimum Gasteiger partial charge on any atom is -0.361 e. The van der Waals surface area contributed by atoms with Crippen LogP contribution < -0.4 is 5.32 Å². The van der Waals surface area contributed by atoms with Crippen molar-refractivity contribution >= 4 is 50.2 Å². The van der Waals surface area contributed by atoms with E-state index in [4.69, 9.17) is 0 Å². The first kappa shape index (κ1) is 16.6. The van der Waals surface area contributed by atoms with Crippen LogP contribution in [0.2, 0.25) is 0 Å². The van der Waals surface area contributed by atoms with Crippen molar-refractivity contribution in [3.63, 3.8) is 0 Å². The summed E-state index contributed by atoms with van der Waals surface area (Å²) in [5.74, 6) is 0.817. The van der Waals surface area contributed by atoms with Crippen LogP contribution in [0.5, 0.6) is 0 Å². The van der Waals surface area contributed by atoms with E-state index >= 15 is 0 Å². The van der Waals surface area contributed by atoms with Gasteiger partial charge in [0.1, 0.15) is 6.33 Å². The Hall–Kier alpha value is -3.51. The van der Waals surface area contributed by atoms with Crippen LogP contribution in [-0.4, -0.2) is 28.2 Å². The number of benzene rings is 2. The number of H-pyrrole nitrogens is 1. The predicted molar refractivity (Wildman–Crippen MR) is 118 cm³/mol. The average Bonchev–Trinajstić information content (AvgIpc) is 3.34. The number of hydrogen-bond donors (Lipinski definition) is 2. The highest BCUT2D eigenvalue weighted by Crippen LogP contribution is 2.36. The number of aromatic nitrogens is 3. The van der Waals surface area contributed by atoms with Gasteiger partial charge >= 0.3 is 0 Å². The van der Waals surface area contributed by atoms with Crippen molar-refractivity contribution in [1.82, 2.24) is 15.0 Å². The number of anilines is 2. The highest BCUT2D eigenvalue weighted by atomic mass is 32.1. The third kappa shape index (κ3) is 2.93. The normalized spacial score (nSPS) is 11.6. The molecule has 5 aromatic rings. The molecule has 0 saturated heterocycles. The summed E-state index contributed by atoms with van der Waals surface area (Å²) in [7, 11) is 1.78. The van der Waals surface area contributed by atoms with Gasteiger partial charge in [-0.2, -0.15) is 0 Å². The van der Waals surface area contributed by atoms with E-state index < -0.39 is 0 Å². The van der Waals surface area contributed by atoms with Gasteiger partial charge in [0.15, 0.2) is 5.82 Å². The Balaban J connectivity index is 1.55. The second-order valence-corrected chi connectivity index (χ2v) is 7.48. The third-order valence-corrected chi connectivity index (χ3v) is 5.79. The molecule has 2 aromatic carbocycles. The molecular weight excluding hydrogens is 366 g/mol. The lowest BCUT2D eigenvalue weighted by molar-refractivity contribution is 1.23. The van der Waals surface area contributed by atoms with Crippen molar-refractivity contribution in [2.45, 2.75) is 0 Å². The van der Waals surface area contributed by atoms with Crippen molar-refractivity contribution in [2.24, 2.45) is 4.99 Å². The van der Waals surface area contributed by atoms with E-state index in [-0.39, 0.29) is 0 Å². The lowest BCUT2D eigenvalue weighted by atomic mass is 10.1. The highest BCUT2D eigenvalue weighted by Gasteiger charge is 2.11. The number of thiophene rings is 1. The number of aromatic amines is 1. The van der Waals surface area contributed by atoms with Gasteiger partial charge in [-0.1, -0.05) is 30.3 Å². The second kappa shape index (κ2) is 6.90. The van der Waals surface area contributed by atoms with E-state index in [9.17, 15) is 0 Å². The van der Waals surface area contributed by atoms with Crippen molar-refractivity contribution in [2.75, 3.05) is 12.4 Å². The van der Waals surface area contributed by atoms with Gasteiger partial charge in [0, 0.05) is 46.5 Å². The standard InChI is InChI=1S/C22H17N5S/c1-23-11-15-12-24-18-8-7-16(9-17(15)18)27-22-21-19(25-13-26-22)10-20(28-21)14-5-3-2-4-6-14/h2-13,24H,1H3,(H,25,26,27)/b23-11-. The number of nitrogens with one attached hydrogen (secondary N) is 2. The average molecular weight is 383 g/mol. The molecule has 6 heteroatoms. The molecule has 0 aliphatic carbocycles. The van der Waals surface area contributed by atoms with Crippen LogP contribution in [0, 0.1) is 0 Å². The molecule has 0 atom stereocenters. The third-order valence-electron chi connectivity index (χ3n) is 4.61. The SMILES string of the molecule is C/N=C\c1c[nH]c2ccc(Nc3ncnc4cc(-c5ccccc5)sc34)cc12. The Bertz CT molecular complexity index is 1300. The summed E-state index contributed by atoms with van der Waals surface area (Å²) in [6.07, 6.45) is 5.43. The summed E-state index contributed by atoms with van der Waals surface area (Å²) in [6, 6.07) is 18.7. The molecule has 3 aromatic heterocycles. The Labute approximate surface area is 165 Å². The maximum Gasteiger partial charge on any atom is 0.151 e. The molecule has 0 aliphatic heterocycles. The Kier molecular flexibility index (Phi) is 4.10. The fourth-order valence-corrected chi connectivity index (χ4v) is 4.35. The van der Waals surface area contributed by atoms with Gasteiger partial charge in [0.2, 0.25) is 0 Å². The van der Waals surface area contributed by atoms with Gasteiger partial charge < -0.3 is 10.3 Å². The zero-order valence-electron chi connectivity index (χ0n) is 15.2. The molecule has 0 aliphatic rings. The molecule has 0 fully saturated rings.